The second-order valence-corrected chi connectivity index (χ2v) is 8.32. The highest BCUT2D eigenvalue weighted by atomic mass is 19.4. The summed E-state index contributed by atoms with van der Waals surface area (Å²) in [4.78, 5) is 33.1. The number of H-pyrrole nitrogens is 1. The number of rotatable bonds is 11. The Morgan fingerprint density at radius 1 is 1.16 bits per heavy atom. The van der Waals surface area contributed by atoms with E-state index in [1.807, 2.05) is 0 Å². The van der Waals surface area contributed by atoms with E-state index in [4.69, 9.17) is 10.5 Å². The van der Waals surface area contributed by atoms with Crippen LogP contribution in [0.15, 0.2) is 48.7 Å². The van der Waals surface area contributed by atoms with Gasteiger partial charge < -0.3 is 25.1 Å². The van der Waals surface area contributed by atoms with Gasteiger partial charge in [0.05, 0.1) is 23.9 Å². The predicted octanol–water partition coefficient (Wildman–Crippen LogP) is 4.19. The Labute approximate surface area is 210 Å². The smallest absolute Gasteiger partial charge is 0.487 e. The lowest BCUT2D eigenvalue weighted by molar-refractivity contribution is -0.274. The molecule has 3 N–H and O–H groups in total. The highest BCUT2D eigenvalue weighted by Gasteiger charge is 2.31. The molecule has 0 fully saturated rings. The molecule has 0 spiro atoms. The number of aromatic nitrogens is 2. The number of imidazole rings is 1. The van der Waals surface area contributed by atoms with Gasteiger partial charge in [-0.2, -0.15) is 0 Å². The molecule has 1 unspecified atom stereocenters. The van der Waals surface area contributed by atoms with Crippen LogP contribution in [0, 0.1) is 6.92 Å². The van der Waals surface area contributed by atoms with Gasteiger partial charge in [-0.25, -0.2) is 9.37 Å². The van der Waals surface area contributed by atoms with Gasteiger partial charge in [-0.05, 0) is 42.8 Å². The van der Waals surface area contributed by atoms with E-state index in [2.05, 4.69) is 14.7 Å². The number of hydrogen-bond acceptors (Lipinski definition) is 5. The van der Waals surface area contributed by atoms with Crippen LogP contribution in [-0.2, 0) is 11.2 Å². The van der Waals surface area contributed by atoms with Crippen molar-refractivity contribution in [3.05, 3.63) is 65.6 Å². The number of ether oxygens (including phenoxy) is 2. The maximum Gasteiger partial charge on any atom is 0.573 e. The molecule has 0 bridgehead atoms. The van der Waals surface area contributed by atoms with Gasteiger partial charge in [-0.1, -0.05) is 12.1 Å². The number of likely N-dealkylation sites (N-methyl/N-ethyl adjacent to an activating group) is 1. The topological polar surface area (TPSA) is 111 Å². The third kappa shape index (κ3) is 7.95. The van der Waals surface area contributed by atoms with Gasteiger partial charge in [0.25, 0.3) is 5.91 Å². The first-order chi connectivity index (χ1) is 17.4. The summed E-state index contributed by atoms with van der Waals surface area (Å²) in [7, 11) is 1.52. The summed E-state index contributed by atoms with van der Waals surface area (Å²) in [6, 6.07) is 9.71. The SMILES string of the molecule is Cc1ncc(-c2ccc(OC(CF)CCN(C)C(=O)Cc3ccc(OC(F)(F)F)cc3)c(C(N)=O)c2)[nH]1. The molecule has 2 aromatic carbocycles. The van der Waals surface area contributed by atoms with Crippen molar-refractivity contribution in [1.29, 1.82) is 0 Å². The standard InChI is InChI=1S/C25H26F4N4O4/c1-15-31-14-21(32-15)17-5-8-22(20(12-17)24(30)35)36-19(13-26)9-10-33(2)23(34)11-16-3-6-18(7-4-16)37-25(27,28)29/h3-8,12,14,19H,9-11,13H2,1-2H3,(H2,30,35)(H,31,32). The monoisotopic (exact) mass is 522 g/mol. The first-order valence-electron chi connectivity index (χ1n) is 11.2. The summed E-state index contributed by atoms with van der Waals surface area (Å²) in [6.07, 6.45) is -4.09. The molecule has 12 heteroatoms. The number of hydrogen-bond donors (Lipinski definition) is 2. The highest BCUT2D eigenvalue weighted by Crippen LogP contribution is 2.27. The third-order valence-electron chi connectivity index (χ3n) is 5.45. The number of benzene rings is 2. The van der Waals surface area contributed by atoms with Crippen molar-refractivity contribution in [2.45, 2.75) is 32.2 Å². The normalized spacial score (nSPS) is 12.2. The van der Waals surface area contributed by atoms with Crippen molar-refractivity contribution in [2.24, 2.45) is 5.73 Å². The van der Waals surface area contributed by atoms with E-state index < -0.39 is 25.0 Å². The molecule has 0 aliphatic heterocycles. The summed E-state index contributed by atoms with van der Waals surface area (Å²) in [6.45, 7) is 1.05. The van der Waals surface area contributed by atoms with Crippen molar-refractivity contribution >= 4 is 11.8 Å². The third-order valence-corrected chi connectivity index (χ3v) is 5.45. The van der Waals surface area contributed by atoms with Crippen molar-refractivity contribution in [2.75, 3.05) is 20.3 Å². The maximum atomic E-state index is 13.7. The molecule has 1 atom stereocenters. The molecule has 8 nitrogen and oxygen atoms in total. The number of amides is 2. The number of alkyl halides is 4. The van der Waals surface area contributed by atoms with Crippen LogP contribution < -0.4 is 15.2 Å². The zero-order valence-corrected chi connectivity index (χ0v) is 20.1. The number of carbonyl (C=O) groups is 2. The van der Waals surface area contributed by atoms with Gasteiger partial charge in [-0.15, -0.1) is 13.2 Å². The fourth-order valence-corrected chi connectivity index (χ4v) is 3.49. The van der Waals surface area contributed by atoms with Gasteiger partial charge in [-0.3, -0.25) is 9.59 Å². The molecule has 0 radical (unpaired) electrons. The molecular weight excluding hydrogens is 496 g/mol. The van der Waals surface area contributed by atoms with Gasteiger partial charge in [0.15, 0.2) is 0 Å². The average molecular weight is 522 g/mol. The zero-order valence-electron chi connectivity index (χ0n) is 20.1. The number of primary amides is 1. The van der Waals surface area contributed by atoms with Crippen LogP contribution in [0.2, 0.25) is 0 Å². The number of halogens is 4. The van der Waals surface area contributed by atoms with Crippen LogP contribution in [0.1, 0.15) is 28.2 Å². The summed E-state index contributed by atoms with van der Waals surface area (Å²) in [5.41, 5.74) is 7.40. The molecule has 1 aromatic heterocycles. The lowest BCUT2D eigenvalue weighted by Crippen LogP contribution is -2.33. The van der Waals surface area contributed by atoms with Crippen LogP contribution in [-0.4, -0.2) is 59.4 Å². The fourth-order valence-electron chi connectivity index (χ4n) is 3.49. The molecule has 3 aromatic rings. The lowest BCUT2D eigenvalue weighted by Gasteiger charge is -2.22. The van der Waals surface area contributed by atoms with Crippen LogP contribution in [0.25, 0.3) is 11.3 Å². The Morgan fingerprint density at radius 2 is 1.86 bits per heavy atom. The van der Waals surface area contributed by atoms with E-state index in [9.17, 15) is 27.2 Å². The number of nitrogens with two attached hydrogens (primary N) is 1. The van der Waals surface area contributed by atoms with E-state index in [1.165, 1.54) is 36.2 Å². The van der Waals surface area contributed by atoms with E-state index in [1.54, 1.807) is 19.2 Å². The number of nitrogens with one attached hydrogen (secondary N) is 1. The number of carbonyl (C=O) groups excluding carboxylic acids is 2. The van der Waals surface area contributed by atoms with Crippen LogP contribution in [0.3, 0.4) is 0 Å². The minimum Gasteiger partial charge on any atom is -0.487 e. The Kier molecular flexibility index (Phi) is 8.74. The average Bonchev–Trinajstić information content (AvgIpc) is 3.28. The second kappa shape index (κ2) is 11.8. The van der Waals surface area contributed by atoms with E-state index in [0.717, 1.165) is 12.1 Å². The van der Waals surface area contributed by atoms with Gasteiger partial charge in [0.1, 0.15) is 30.1 Å². The quantitative estimate of drug-likeness (QED) is 0.367. The number of aryl methyl sites for hydroxylation is 1. The molecule has 198 valence electrons. The molecule has 0 saturated heterocycles. The Morgan fingerprint density at radius 3 is 2.43 bits per heavy atom. The first-order valence-corrected chi connectivity index (χ1v) is 11.2. The van der Waals surface area contributed by atoms with Crippen molar-refractivity contribution in [3.8, 4) is 22.8 Å². The first kappa shape index (κ1) is 27.5. The molecule has 3 rings (SSSR count). The summed E-state index contributed by atoms with van der Waals surface area (Å²) in [5.74, 6) is -0.642. The van der Waals surface area contributed by atoms with E-state index in [0.29, 0.717) is 22.6 Å². The highest BCUT2D eigenvalue weighted by molar-refractivity contribution is 5.97. The fraction of sp³-hybridized carbons (Fsp3) is 0.320. The summed E-state index contributed by atoms with van der Waals surface area (Å²) >= 11 is 0. The minimum absolute atomic E-state index is 0.0652. The molecular formula is C25H26F4N4O4. The Balaban J connectivity index is 1.58. The van der Waals surface area contributed by atoms with Gasteiger partial charge in [0, 0.05) is 25.6 Å². The molecule has 0 aliphatic carbocycles. The van der Waals surface area contributed by atoms with Crippen LogP contribution in [0.4, 0.5) is 17.6 Å². The van der Waals surface area contributed by atoms with Gasteiger partial charge >= 0.3 is 6.36 Å². The predicted molar refractivity (Wildman–Crippen MR) is 127 cm³/mol. The Hall–Kier alpha value is -4.09. The second-order valence-electron chi connectivity index (χ2n) is 8.32. The molecule has 37 heavy (non-hydrogen) atoms. The zero-order chi connectivity index (χ0) is 27.2. The van der Waals surface area contributed by atoms with E-state index in [-0.39, 0.29) is 42.4 Å². The minimum atomic E-state index is -4.80. The number of aromatic amines is 1. The van der Waals surface area contributed by atoms with Crippen molar-refractivity contribution in [1.82, 2.24) is 14.9 Å². The molecule has 1 heterocycles. The molecule has 0 aliphatic rings. The summed E-state index contributed by atoms with van der Waals surface area (Å²) < 4.78 is 60.1. The van der Waals surface area contributed by atoms with Crippen LogP contribution in [0.5, 0.6) is 11.5 Å². The lowest BCUT2D eigenvalue weighted by atomic mass is 10.1. The Bertz CT molecular complexity index is 1230. The summed E-state index contributed by atoms with van der Waals surface area (Å²) in [5, 5.41) is 0. The van der Waals surface area contributed by atoms with Crippen LogP contribution >= 0.6 is 0 Å². The molecule has 2 amide bonds. The maximum absolute atomic E-state index is 13.7. The van der Waals surface area contributed by atoms with Crippen molar-refractivity contribution in [3.63, 3.8) is 0 Å². The van der Waals surface area contributed by atoms with E-state index >= 15 is 0 Å². The van der Waals surface area contributed by atoms with Gasteiger partial charge in [0.2, 0.25) is 5.91 Å². The number of nitrogens with zero attached hydrogens (tertiary/aromatic N) is 2. The largest absolute Gasteiger partial charge is 0.573 e. The van der Waals surface area contributed by atoms with Crippen molar-refractivity contribution < 1.29 is 36.6 Å². The molecule has 0 saturated carbocycles.